The Morgan fingerprint density at radius 2 is 1.93 bits per heavy atom. The van der Waals surface area contributed by atoms with E-state index in [0.717, 1.165) is 31.5 Å². The predicted octanol–water partition coefficient (Wildman–Crippen LogP) is 5.91. The molecule has 1 aliphatic heterocycles. The Bertz CT molecular complexity index is 984. The van der Waals surface area contributed by atoms with Crippen LogP contribution in [-0.2, 0) is 6.42 Å². The van der Waals surface area contributed by atoms with Crippen molar-refractivity contribution in [3.05, 3.63) is 93.8 Å². The van der Waals surface area contributed by atoms with Gasteiger partial charge in [0.1, 0.15) is 5.82 Å². The van der Waals surface area contributed by atoms with E-state index in [-0.39, 0.29) is 22.2 Å². The molecule has 2 heterocycles. The summed E-state index contributed by atoms with van der Waals surface area (Å²) < 4.78 is 20.1. The number of nitrogens with zero attached hydrogens (tertiary/aromatic N) is 1. The van der Waals surface area contributed by atoms with Gasteiger partial charge in [-0.25, -0.2) is 9.37 Å². The molecular weight excluding hydrogens is 422 g/mol. The lowest BCUT2D eigenvalue weighted by molar-refractivity contribution is 0.187. The van der Waals surface area contributed by atoms with Gasteiger partial charge in [-0.1, -0.05) is 59.6 Å². The van der Waals surface area contributed by atoms with E-state index in [1.807, 2.05) is 12.1 Å². The zero-order valence-corrected chi connectivity index (χ0v) is 18.0. The second kappa shape index (κ2) is 9.34. The first kappa shape index (κ1) is 21.1. The monoisotopic (exact) mass is 444 g/mol. The van der Waals surface area contributed by atoms with Crippen molar-refractivity contribution in [3.63, 3.8) is 0 Å². The van der Waals surface area contributed by atoms with Crippen molar-refractivity contribution in [3.8, 4) is 5.88 Å². The summed E-state index contributed by atoms with van der Waals surface area (Å²) in [6.07, 6.45) is 3.24. The van der Waals surface area contributed by atoms with E-state index in [2.05, 4.69) is 34.6 Å². The van der Waals surface area contributed by atoms with Gasteiger partial charge in [-0.2, -0.15) is 0 Å². The SMILES string of the molecule is Fc1cc([C@@H]2CNC[C@@]2(CCOc2ccc(Cl)cn2)Cc2ccccc2)ccc1Cl. The minimum atomic E-state index is -0.378. The number of pyridine rings is 1. The third kappa shape index (κ3) is 4.77. The van der Waals surface area contributed by atoms with Crippen LogP contribution in [-0.4, -0.2) is 24.7 Å². The van der Waals surface area contributed by atoms with Crippen LogP contribution < -0.4 is 10.1 Å². The molecule has 0 amide bonds. The summed E-state index contributed by atoms with van der Waals surface area (Å²) in [5.74, 6) is 0.317. The van der Waals surface area contributed by atoms with Gasteiger partial charge >= 0.3 is 0 Å². The molecule has 0 saturated carbocycles. The van der Waals surface area contributed by atoms with E-state index in [0.29, 0.717) is 17.5 Å². The van der Waals surface area contributed by atoms with Gasteiger partial charge in [0, 0.05) is 31.3 Å². The molecule has 0 spiro atoms. The quantitative estimate of drug-likeness (QED) is 0.491. The molecular formula is C24H23Cl2FN2O. The highest BCUT2D eigenvalue weighted by Crippen LogP contribution is 2.45. The summed E-state index contributed by atoms with van der Waals surface area (Å²) in [5, 5.41) is 4.25. The molecule has 156 valence electrons. The van der Waals surface area contributed by atoms with Crippen molar-refractivity contribution in [1.29, 1.82) is 0 Å². The van der Waals surface area contributed by atoms with E-state index in [1.165, 1.54) is 5.56 Å². The van der Waals surface area contributed by atoms with E-state index in [4.69, 9.17) is 27.9 Å². The lowest BCUT2D eigenvalue weighted by Crippen LogP contribution is -2.33. The first-order valence-electron chi connectivity index (χ1n) is 10.00. The van der Waals surface area contributed by atoms with Crippen molar-refractivity contribution >= 4 is 23.2 Å². The molecule has 1 fully saturated rings. The molecule has 1 aromatic heterocycles. The van der Waals surface area contributed by atoms with Gasteiger partial charge < -0.3 is 10.1 Å². The molecule has 1 saturated heterocycles. The molecule has 0 aliphatic carbocycles. The number of nitrogens with one attached hydrogen (secondary N) is 1. The number of hydrogen-bond donors (Lipinski definition) is 1. The van der Waals surface area contributed by atoms with E-state index >= 15 is 0 Å². The van der Waals surface area contributed by atoms with Crippen LogP contribution in [0.1, 0.15) is 23.5 Å². The summed E-state index contributed by atoms with van der Waals surface area (Å²) in [7, 11) is 0. The summed E-state index contributed by atoms with van der Waals surface area (Å²) in [6.45, 7) is 2.12. The number of benzene rings is 2. The second-order valence-electron chi connectivity index (χ2n) is 7.79. The standard InChI is InChI=1S/C24H23Cl2FN2O/c25-19-7-9-23(29-14-19)30-11-10-24(13-17-4-2-1-3-5-17)16-28-15-20(24)18-6-8-21(26)22(27)12-18/h1-9,12,14,20,28H,10-11,13,15-16H2/t20-,24+/m0/s1. The highest BCUT2D eigenvalue weighted by Gasteiger charge is 2.43. The van der Waals surface area contributed by atoms with Gasteiger partial charge in [-0.05, 0) is 47.6 Å². The lowest BCUT2D eigenvalue weighted by Gasteiger charge is -2.35. The fraction of sp³-hybridized carbons (Fsp3) is 0.292. The molecule has 3 aromatic rings. The van der Waals surface area contributed by atoms with Crippen LogP contribution in [0.3, 0.4) is 0 Å². The average Bonchev–Trinajstić information content (AvgIpc) is 3.15. The molecule has 1 N–H and O–H groups in total. The highest BCUT2D eigenvalue weighted by atomic mass is 35.5. The predicted molar refractivity (Wildman–Crippen MR) is 119 cm³/mol. The van der Waals surface area contributed by atoms with Gasteiger partial charge in [0.25, 0.3) is 0 Å². The van der Waals surface area contributed by atoms with Crippen LogP contribution in [0.15, 0.2) is 66.9 Å². The molecule has 3 nitrogen and oxygen atoms in total. The minimum Gasteiger partial charge on any atom is -0.478 e. The molecule has 0 unspecified atom stereocenters. The zero-order valence-electron chi connectivity index (χ0n) is 16.5. The Hall–Kier alpha value is -2.14. The van der Waals surface area contributed by atoms with Gasteiger partial charge in [-0.3, -0.25) is 0 Å². The third-order valence-electron chi connectivity index (χ3n) is 5.86. The molecule has 30 heavy (non-hydrogen) atoms. The molecule has 0 radical (unpaired) electrons. The van der Waals surface area contributed by atoms with Crippen molar-refractivity contribution < 1.29 is 9.13 Å². The Morgan fingerprint density at radius 3 is 2.67 bits per heavy atom. The Balaban J connectivity index is 1.58. The molecule has 6 heteroatoms. The number of halogens is 3. The average molecular weight is 445 g/mol. The second-order valence-corrected chi connectivity index (χ2v) is 8.64. The maximum atomic E-state index is 14.2. The summed E-state index contributed by atoms with van der Waals surface area (Å²) in [6, 6.07) is 19.1. The van der Waals surface area contributed by atoms with Crippen molar-refractivity contribution in [2.45, 2.75) is 18.8 Å². The molecule has 4 rings (SSSR count). The maximum absolute atomic E-state index is 14.2. The van der Waals surface area contributed by atoms with Gasteiger partial charge in [0.2, 0.25) is 5.88 Å². The van der Waals surface area contributed by atoms with Crippen molar-refractivity contribution in [2.75, 3.05) is 19.7 Å². The topological polar surface area (TPSA) is 34.1 Å². The van der Waals surface area contributed by atoms with Crippen LogP contribution in [0.5, 0.6) is 5.88 Å². The summed E-state index contributed by atoms with van der Waals surface area (Å²) in [4.78, 5) is 4.21. The van der Waals surface area contributed by atoms with E-state index in [1.54, 1.807) is 30.5 Å². The normalized spacial score (nSPS) is 21.0. The van der Waals surface area contributed by atoms with Crippen molar-refractivity contribution in [2.24, 2.45) is 5.41 Å². The van der Waals surface area contributed by atoms with Crippen LogP contribution in [0.4, 0.5) is 4.39 Å². The van der Waals surface area contributed by atoms with Gasteiger partial charge in [0.05, 0.1) is 16.7 Å². The molecule has 2 aromatic carbocycles. The fourth-order valence-electron chi connectivity index (χ4n) is 4.35. The number of hydrogen-bond acceptors (Lipinski definition) is 3. The molecule has 0 bridgehead atoms. The summed E-state index contributed by atoms with van der Waals surface area (Å²) >= 11 is 11.8. The molecule has 2 atom stereocenters. The van der Waals surface area contributed by atoms with E-state index < -0.39 is 0 Å². The fourth-order valence-corrected chi connectivity index (χ4v) is 4.58. The van der Waals surface area contributed by atoms with Gasteiger partial charge in [0.15, 0.2) is 0 Å². The Kier molecular flexibility index (Phi) is 6.57. The zero-order chi connectivity index (χ0) is 21.0. The Morgan fingerprint density at radius 1 is 1.10 bits per heavy atom. The number of ether oxygens (including phenoxy) is 1. The largest absolute Gasteiger partial charge is 0.478 e. The van der Waals surface area contributed by atoms with Crippen LogP contribution >= 0.6 is 23.2 Å². The van der Waals surface area contributed by atoms with Crippen LogP contribution in [0, 0.1) is 11.2 Å². The first-order chi connectivity index (χ1) is 14.6. The maximum Gasteiger partial charge on any atom is 0.213 e. The van der Waals surface area contributed by atoms with Crippen LogP contribution in [0.2, 0.25) is 10.0 Å². The highest BCUT2D eigenvalue weighted by molar-refractivity contribution is 6.30. The van der Waals surface area contributed by atoms with Crippen LogP contribution in [0.25, 0.3) is 0 Å². The minimum absolute atomic E-state index is 0.117. The number of rotatable bonds is 7. The summed E-state index contributed by atoms with van der Waals surface area (Å²) in [5.41, 5.74) is 2.10. The van der Waals surface area contributed by atoms with Crippen molar-refractivity contribution in [1.82, 2.24) is 10.3 Å². The smallest absolute Gasteiger partial charge is 0.213 e. The molecule has 1 aliphatic rings. The van der Waals surface area contributed by atoms with Gasteiger partial charge in [-0.15, -0.1) is 0 Å². The van der Waals surface area contributed by atoms with E-state index in [9.17, 15) is 4.39 Å². The number of aromatic nitrogens is 1. The Labute approximate surface area is 186 Å². The first-order valence-corrected chi connectivity index (χ1v) is 10.8. The lowest BCUT2D eigenvalue weighted by atomic mass is 9.68. The third-order valence-corrected chi connectivity index (χ3v) is 6.39.